The molecule has 0 aromatic heterocycles. The van der Waals surface area contributed by atoms with Gasteiger partial charge in [-0.05, 0) is 30.9 Å². The molecule has 0 aromatic carbocycles. The topological polar surface area (TPSA) is 26.0 Å². The van der Waals surface area contributed by atoms with Gasteiger partial charge in [-0.1, -0.05) is 6.92 Å². The van der Waals surface area contributed by atoms with Crippen LogP contribution in [-0.4, -0.2) is 18.1 Å². The van der Waals surface area contributed by atoms with Crippen LogP contribution >= 0.6 is 11.8 Å². The normalized spacial score (nSPS) is 9.75. The highest BCUT2D eigenvalue weighted by Crippen LogP contribution is 2.01. The Kier molecular flexibility index (Phi) is 7.59. The van der Waals surface area contributed by atoms with Crippen molar-refractivity contribution in [3.63, 3.8) is 0 Å². The Balaban J connectivity index is 2.53. The maximum atomic E-state index is 5.30. The van der Waals surface area contributed by atoms with E-state index in [0.717, 1.165) is 6.54 Å². The van der Waals surface area contributed by atoms with Gasteiger partial charge in [0, 0.05) is 0 Å². The Bertz CT molecular complexity index is 33.5. The van der Waals surface area contributed by atoms with Crippen LogP contribution in [0.1, 0.15) is 19.8 Å². The lowest BCUT2D eigenvalue weighted by Crippen LogP contribution is -1.98. The molecule has 0 aliphatic heterocycles. The zero-order valence-electron chi connectivity index (χ0n) is 5.52. The Hall–Kier alpha value is 0.310. The zero-order chi connectivity index (χ0) is 6.24. The van der Waals surface area contributed by atoms with E-state index in [2.05, 4.69) is 6.92 Å². The quantitative estimate of drug-likeness (QED) is 0.575. The average molecular weight is 133 g/mol. The molecule has 0 aliphatic carbocycles. The van der Waals surface area contributed by atoms with Crippen molar-refractivity contribution in [3.8, 4) is 0 Å². The summed E-state index contributed by atoms with van der Waals surface area (Å²) in [6.07, 6.45) is 2.47. The molecule has 50 valence electrons. The highest BCUT2D eigenvalue weighted by Gasteiger charge is 1.83. The van der Waals surface area contributed by atoms with Crippen LogP contribution in [0.4, 0.5) is 0 Å². The van der Waals surface area contributed by atoms with Gasteiger partial charge in [0.25, 0.3) is 0 Å². The molecular formula is C6H15NS. The molecule has 2 N–H and O–H groups in total. The largest absolute Gasteiger partial charge is 0.330 e. The predicted molar refractivity (Wildman–Crippen MR) is 41.3 cm³/mol. The van der Waals surface area contributed by atoms with Crippen LogP contribution < -0.4 is 5.73 Å². The Morgan fingerprint density at radius 3 is 2.62 bits per heavy atom. The molecule has 0 saturated carbocycles. The molecule has 8 heavy (non-hydrogen) atoms. The minimum Gasteiger partial charge on any atom is -0.330 e. The molecule has 0 fully saturated rings. The Morgan fingerprint density at radius 2 is 2.12 bits per heavy atom. The lowest BCUT2D eigenvalue weighted by atomic mass is 10.3. The van der Waals surface area contributed by atoms with E-state index in [1.807, 2.05) is 11.8 Å². The fourth-order valence-electron chi connectivity index (χ4n) is 0.493. The molecule has 2 heteroatoms. The molecule has 0 unspecified atom stereocenters. The molecule has 0 amide bonds. The highest BCUT2D eigenvalue weighted by molar-refractivity contribution is 7.99. The summed E-state index contributed by atoms with van der Waals surface area (Å²) < 4.78 is 0. The molecule has 0 radical (unpaired) electrons. The molecule has 0 aromatic rings. The number of unbranched alkanes of at least 4 members (excludes halogenated alkanes) is 1. The van der Waals surface area contributed by atoms with Crippen LogP contribution in [-0.2, 0) is 0 Å². The molecule has 0 aliphatic rings. The van der Waals surface area contributed by atoms with Gasteiger partial charge < -0.3 is 5.73 Å². The van der Waals surface area contributed by atoms with E-state index in [1.54, 1.807) is 0 Å². The van der Waals surface area contributed by atoms with Gasteiger partial charge in [-0.2, -0.15) is 11.8 Å². The zero-order valence-corrected chi connectivity index (χ0v) is 6.34. The summed E-state index contributed by atoms with van der Waals surface area (Å²) in [5.74, 6) is 2.53. The van der Waals surface area contributed by atoms with Crippen molar-refractivity contribution in [1.82, 2.24) is 0 Å². The van der Waals surface area contributed by atoms with Gasteiger partial charge in [-0.25, -0.2) is 0 Å². The van der Waals surface area contributed by atoms with E-state index in [-0.39, 0.29) is 0 Å². The van der Waals surface area contributed by atoms with Gasteiger partial charge in [-0.3, -0.25) is 0 Å². The Labute approximate surface area is 56.0 Å². The average Bonchev–Trinajstić information content (AvgIpc) is 1.81. The monoisotopic (exact) mass is 133 g/mol. The summed E-state index contributed by atoms with van der Waals surface area (Å²) in [6, 6.07) is 0. The first-order chi connectivity index (χ1) is 3.91. The summed E-state index contributed by atoms with van der Waals surface area (Å²) in [5, 5.41) is 0. The van der Waals surface area contributed by atoms with Crippen molar-refractivity contribution in [2.24, 2.45) is 5.73 Å². The third kappa shape index (κ3) is 6.31. The van der Waals surface area contributed by atoms with Crippen LogP contribution in [0.3, 0.4) is 0 Å². The molecule has 0 rings (SSSR count). The van der Waals surface area contributed by atoms with Gasteiger partial charge >= 0.3 is 0 Å². The van der Waals surface area contributed by atoms with Crippen molar-refractivity contribution in [2.75, 3.05) is 18.1 Å². The number of nitrogens with two attached hydrogens (primary N) is 1. The van der Waals surface area contributed by atoms with Gasteiger partial charge in [0.15, 0.2) is 0 Å². The van der Waals surface area contributed by atoms with Gasteiger partial charge in [0.05, 0.1) is 0 Å². The SMILES string of the molecule is CCSCCCCN. The number of hydrogen-bond donors (Lipinski definition) is 1. The third-order valence-corrected chi connectivity index (χ3v) is 1.93. The highest BCUT2D eigenvalue weighted by atomic mass is 32.2. The number of thioether (sulfide) groups is 1. The first-order valence-electron chi connectivity index (χ1n) is 3.19. The first-order valence-corrected chi connectivity index (χ1v) is 4.35. The third-order valence-electron chi connectivity index (χ3n) is 0.947. The summed E-state index contributed by atoms with van der Waals surface area (Å²) in [6.45, 7) is 3.04. The molecule has 0 heterocycles. The fraction of sp³-hybridized carbons (Fsp3) is 1.00. The van der Waals surface area contributed by atoms with E-state index >= 15 is 0 Å². The van der Waals surface area contributed by atoms with Gasteiger partial charge in [-0.15, -0.1) is 0 Å². The summed E-state index contributed by atoms with van der Waals surface area (Å²) in [7, 11) is 0. The summed E-state index contributed by atoms with van der Waals surface area (Å²) in [4.78, 5) is 0. The van der Waals surface area contributed by atoms with Crippen molar-refractivity contribution < 1.29 is 0 Å². The minimum absolute atomic E-state index is 0.851. The second kappa shape index (κ2) is 7.31. The van der Waals surface area contributed by atoms with Crippen molar-refractivity contribution in [1.29, 1.82) is 0 Å². The van der Waals surface area contributed by atoms with Gasteiger partial charge in [0.1, 0.15) is 0 Å². The lowest BCUT2D eigenvalue weighted by molar-refractivity contribution is 0.814. The van der Waals surface area contributed by atoms with E-state index in [4.69, 9.17) is 5.73 Å². The number of hydrogen-bond acceptors (Lipinski definition) is 2. The molecule has 0 bridgehead atoms. The fourth-order valence-corrected chi connectivity index (χ4v) is 1.19. The first kappa shape index (κ1) is 8.31. The minimum atomic E-state index is 0.851. The van der Waals surface area contributed by atoms with Crippen LogP contribution in [0, 0.1) is 0 Å². The molecular weight excluding hydrogens is 118 g/mol. The summed E-state index contributed by atoms with van der Waals surface area (Å²) in [5.41, 5.74) is 5.30. The molecule has 1 nitrogen and oxygen atoms in total. The maximum Gasteiger partial charge on any atom is -0.00672 e. The molecule has 0 spiro atoms. The number of rotatable bonds is 5. The van der Waals surface area contributed by atoms with E-state index in [1.165, 1.54) is 24.3 Å². The van der Waals surface area contributed by atoms with E-state index < -0.39 is 0 Å². The standard InChI is InChI=1S/C6H15NS/c1-2-8-6-4-3-5-7/h2-7H2,1H3. The summed E-state index contributed by atoms with van der Waals surface area (Å²) >= 11 is 1.99. The van der Waals surface area contributed by atoms with Crippen LogP contribution in [0.2, 0.25) is 0 Å². The maximum absolute atomic E-state index is 5.30. The molecule has 0 saturated heterocycles. The van der Waals surface area contributed by atoms with Crippen LogP contribution in [0.25, 0.3) is 0 Å². The van der Waals surface area contributed by atoms with Gasteiger partial charge in [0.2, 0.25) is 0 Å². The lowest BCUT2D eigenvalue weighted by Gasteiger charge is -1.94. The van der Waals surface area contributed by atoms with Crippen LogP contribution in [0.15, 0.2) is 0 Å². The predicted octanol–water partition coefficient (Wildman–Crippen LogP) is 1.48. The molecule has 0 atom stereocenters. The van der Waals surface area contributed by atoms with E-state index in [9.17, 15) is 0 Å². The van der Waals surface area contributed by atoms with Crippen LogP contribution in [0.5, 0.6) is 0 Å². The van der Waals surface area contributed by atoms with Crippen molar-refractivity contribution >= 4 is 11.8 Å². The second-order valence-corrected chi connectivity index (χ2v) is 3.09. The van der Waals surface area contributed by atoms with Crippen molar-refractivity contribution in [2.45, 2.75) is 19.8 Å². The second-order valence-electron chi connectivity index (χ2n) is 1.69. The smallest absolute Gasteiger partial charge is 0.00672 e. The van der Waals surface area contributed by atoms with Crippen molar-refractivity contribution in [3.05, 3.63) is 0 Å². The van der Waals surface area contributed by atoms with E-state index in [0.29, 0.717) is 0 Å². The Morgan fingerprint density at radius 1 is 1.38 bits per heavy atom.